The van der Waals surface area contributed by atoms with Crippen LogP contribution in [0.25, 0.3) is 0 Å². The summed E-state index contributed by atoms with van der Waals surface area (Å²) in [5.41, 5.74) is 0. The number of benzene rings is 1. The average molecular weight is 305 g/mol. The number of rotatable bonds is 5. The standard InChI is InChI=1S/C13H20N2O2S.ClH/c16-18(17,13-6-2-1-3-7-13)15-10-8-12-5-4-9-14-11-12;/h1-3,6-7,12,14-15H,4-5,8-11H2;1H. The molecule has 0 bridgehead atoms. The van der Waals surface area contributed by atoms with Gasteiger partial charge in [-0.2, -0.15) is 0 Å². The summed E-state index contributed by atoms with van der Waals surface area (Å²) in [6.07, 6.45) is 3.29. The van der Waals surface area contributed by atoms with Crippen molar-refractivity contribution in [3.63, 3.8) is 0 Å². The Labute approximate surface area is 121 Å². The number of piperidine rings is 1. The number of hydrogen-bond donors (Lipinski definition) is 2. The molecule has 1 aliphatic heterocycles. The lowest BCUT2D eigenvalue weighted by Gasteiger charge is -2.22. The zero-order valence-corrected chi connectivity index (χ0v) is 12.5. The predicted molar refractivity (Wildman–Crippen MR) is 79.1 cm³/mol. The van der Waals surface area contributed by atoms with Crippen LogP contribution in [-0.2, 0) is 10.0 Å². The molecular formula is C13H21ClN2O2S. The number of halogens is 1. The smallest absolute Gasteiger partial charge is 0.240 e. The van der Waals surface area contributed by atoms with Crippen molar-refractivity contribution in [2.75, 3.05) is 19.6 Å². The largest absolute Gasteiger partial charge is 0.316 e. The quantitative estimate of drug-likeness (QED) is 0.872. The first-order valence-corrected chi connectivity index (χ1v) is 7.92. The Kier molecular flexibility index (Phi) is 6.79. The maximum atomic E-state index is 11.9. The van der Waals surface area contributed by atoms with Gasteiger partial charge in [0.05, 0.1) is 4.90 Å². The van der Waals surface area contributed by atoms with Crippen molar-refractivity contribution in [1.82, 2.24) is 10.0 Å². The van der Waals surface area contributed by atoms with E-state index in [1.807, 2.05) is 6.07 Å². The van der Waals surface area contributed by atoms with Gasteiger partial charge in [0.25, 0.3) is 0 Å². The Balaban J connectivity index is 0.00000180. The molecule has 0 radical (unpaired) electrons. The van der Waals surface area contributed by atoms with Crippen molar-refractivity contribution in [1.29, 1.82) is 0 Å². The summed E-state index contributed by atoms with van der Waals surface area (Å²) in [6, 6.07) is 8.51. The average Bonchev–Trinajstić information content (AvgIpc) is 2.41. The van der Waals surface area contributed by atoms with E-state index in [0.717, 1.165) is 19.5 Å². The first kappa shape index (κ1) is 16.4. The highest BCUT2D eigenvalue weighted by Gasteiger charge is 2.16. The molecule has 0 aliphatic carbocycles. The molecule has 1 aromatic rings. The third kappa shape index (κ3) is 5.10. The Morgan fingerprint density at radius 1 is 1.26 bits per heavy atom. The van der Waals surface area contributed by atoms with Crippen molar-refractivity contribution in [3.8, 4) is 0 Å². The monoisotopic (exact) mass is 304 g/mol. The zero-order chi connectivity index (χ0) is 12.8. The maximum absolute atomic E-state index is 11.9. The first-order chi connectivity index (χ1) is 8.68. The van der Waals surface area contributed by atoms with Crippen LogP contribution in [0.15, 0.2) is 35.2 Å². The Morgan fingerprint density at radius 3 is 2.63 bits per heavy atom. The Bertz CT molecular complexity index is 459. The van der Waals surface area contributed by atoms with E-state index in [0.29, 0.717) is 17.4 Å². The fourth-order valence-corrected chi connectivity index (χ4v) is 3.32. The molecule has 0 spiro atoms. The Morgan fingerprint density at radius 2 is 2.00 bits per heavy atom. The molecule has 1 fully saturated rings. The Hall–Kier alpha value is -0.620. The van der Waals surface area contributed by atoms with Gasteiger partial charge in [-0.25, -0.2) is 13.1 Å². The number of sulfonamides is 1. The summed E-state index contributed by atoms with van der Waals surface area (Å²) in [5, 5.41) is 3.34. The van der Waals surface area contributed by atoms with Crippen LogP contribution in [0.3, 0.4) is 0 Å². The molecule has 2 rings (SSSR count). The normalized spacial score (nSPS) is 19.7. The topological polar surface area (TPSA) is 58.2 Å². The van der Waals surface area contributed by atoms with E-state index in [1.54, 1.807) is 24.3 Å². The fraction of sp³-hybridized carbons (Fsp3) is 0.538. The van der Waals surface area contributed by atoms with E-state index in [9.17, 15) is 8.42 Å². The van der Waals surface area contributed by atoms with Crippen molar-refractivity contribution >= 4 is 22.4 Å². The van der Waals surface area contributed by atoms with Crippen LogP contribution < -0.4 is 10.0 Å². The van der Waals surface area contributed by atoms with Crippen LogP contribution in [0.1, 0.15) is 19.3 Å². The molecule has 1 unspecified atom stereocenters. The molecule has 0 amide bonds. The summed E-state index contributed by atoms with van der Waals surface area (Å²) in [4.78, 5) is 0.340. The summed E-state index contributed by atoms with van der Waals surface area (Å²) in [7, 11) is -3.33. The SMILES string of the molecule is Cl.O=S(=O)(NCCC1CCCNC1)c1ccccc1. The third-order valence-electron chi connectivity index (χ3n) is 3.30. The van der Waals surface area contributed by atoms with Crippen LogP contribution >= 0.6 is 12.4 Å². The molecule has 0 saturated carbocycles. The molecule has 0 aromatic heterocycles. The van der Waals surface area contributed by atoms with Crippen molar-refractivity contribution < 1.29 is 8.42 Å². The van der Waals surface area contributed by atoms with E-state index in [-0.39, 0.29) is 12.4 Å². The lowest BCUT2D eigenvalue weighted by molar-refractivity contribution is 0.358. The van der Waals surface area contributed by atoms with Crippen LogP contribution in [0.4, 0.5) is 0 Å². The van der Waals surface area contributed by atoms with E-state index >= 15 is 0 Å². The van der Waals surface area contributed by atoms with Crippen molar-refractivity contribution in [2.45, 2.75) is 24.2 Å². The third-order valence-corrected chi connectivity index (χ3v) is 4.77. The number of hydrogen-bond acceptors (Lipinski definition) is 3. The van der Waals surface area contributed by atoms with Gasteiger partial charge in [-0.3, -0.25) is 0 Å². The van der Waals surface area contributed by atoms with Gasteiger partial charge in [-0.05, 0) is 50.4 Å². The van der Waals surface area contributed by atoms with Gasteiger partial charge in [0.15, 0.2) is 0 Å². The van der Waals surface area contributed by atoms with Crippen molar-refractivity contribution in [2.24, 2.45) is 5.92 Å². The van der Waals surface area contributed by atoms with Crippen LogP contribution in [0.5, 0.6) is 0 Å². The minimum absolute atomic E-state index is 0. The molecule has 1 saturated heterocycles. The second-order valence-electron chi connectivity index (χ2n) is 4.71. The molecular weight excluding hydrogens is 284 g/mol. The molecule has 108 valence electrons. The highest BCUT2D eigenvalue weighted by atomic mass is 35.5. The maximum Gasteiger partial charge on any atom is 0.240 e. The molecule has 1 heterocycles. The van der Waals surface area contributed by atoms with Gasteiger partial charge < -0.3 is 5.32 Å². The van der Waals surface area contributed by atoms with Crippen molar-refractivity contribution in [3.05, 3.63) is 30.3 Å². The molecule has 1 aliphatic rings. The zero-order valence-electron chi connectivity index (χ0n) is 10.8. The highest BCUT2D eigenvalue weighted by molar-refractivity contribution is 7.89. The lowest BCUT2D eigenvalue weighted by Crippen LogP contribution is -2.33. The van der Waals surface area contributed by atoms with Crippen LogP contribution in [0, 0.1) is 5.92 Å². The predicted octanol–water partition coefficient (Wildman–Crippen LogP) is 1.78. The molecule has 19 heavy (non-hydrogen) atoms. The van der Waals surface area contributed by atoms with Gasteiger partial charge in [-0.15, -0.1) is 12.4 Å². The van der Waals surface area contributed by atoms with E-state index < -0.39 is 10.0 Å². The van der Waals surface area contributed by atoms with Gasteiger partial charge in [0, 0.05) is 6.54 Å². The first-order valence-electron chi connectivity index (χ1n) is 6.44. The van der Waals surface area contributed by atoms with Gasteiger partial charge in [0.1, 0.15) is 0 Å². The lowest BCUT2D eigenvalue weighted by atomic mass is 9.96. The van der Waals surface area contributed by atoms with Gasteiger partial charge in [-0.1, -0.05) is 18.2 Å². The summed E-state index contributed by atoms with van der Waals surface area (Å²) in [5.74, 6) is 0.595. The fourth-order valence-electron chi connectivity index (χ4n) is 2.25. The molecule has 6 heteroatoms. The summed E-state index contributed by atoms with van der Waals surface area (Å²) >= 11 is 0. The second kappa shape index (κ2) is 7.85. The highest BCUT2D eigenvalue weighted by Crippen LogP contribution is 2.14. The van der Waals surface area contributed by atoms with E-state index in [1.165, 1.54) is 12.8 Å². The number of nitrogens with one attached hydrogen (secondary N) is 2. The van der Waals surface area contributed by atoms with E-state index in [2.05, 4.69) is 10.0 Å². The molecule has 1 atom stereocenters. The molecule has 2 N–H and O–H groups in total. The van der Waals surface area contributed by atoms with E-state index in [4.69, 9.17) is 0 Å². The molecule has 1 aromatic carbocycles. The minimum Gasteiger partial charge on any atom is -0.316 e. The van der Waals surface area contributed by atoms with Gasteiger partial charge >= 0.3 is 0 Å². The van der Waals surface area contributed by atoms with Crippen LogP contribution in [0.2, 0.25) is 0 Å². The summed E-state index contributed by atoms with van der Waals surface area (Å²) in [6.45, 7) is 2.61. The molecule has 4 nitrogen and oxygen atoms in total. The van der Waals surface area contributed by atoms with Crippen LogP contribution in [-0.4, -0.2) is 28.1 Å². The van der Waals surface area contributed by atoms with Gasteiger partial charge in [0.2, 0.25) is 10.0 Å². The summed E-state index contributed by atoms with van der Waals surface area (Å²) < 4.78 is 26.6. The minimum atomic E-state index is -3.33. The second-order valence-corrected chi connectivity index (χ2v) is 6.48.